The minimum Gasteiger partial charge on any atom is -0.495 e. The van der Waals surface area contributed by atoms with Gasteiger partial charge in [-0.3, -0.25) is 4.90 Å². The molecule has 7 N–H and O–H groups in total. The van der Waals surface area contributed by atoms with Crippen LogP contribution in [-0.4, -0.2) is 67.6 Å². The van der Waals surface area contributed by atoms with Gasteiger partial charge in [-0.15, -0.1) is 0 Å². The predicted octanol–water partition coefficient (Wildman–Crippen LogP) is 0.843. The Balaban J connectivity index is 1.37. The van der Waals surface area contributed by atoms with Crippen molar-refractivity contribution < 1.29 is 44.6 Å². The Hall–Kier alpha value is -3.04. The zero-order valence-electron chi connectivity index (χ0n) is 19.8. The summed E-state index contributed by atoms with van der Waals surface area (Å²) in [4.78, 5) is 1.02. The fourth-order valence-electron chi connectivity index (χ4n) is 5.20. The molecule has 1 spiro atoms. The molecule has 37 heavy (non-hydrogen) atoms. The van der Waals surface area contributed by atoms with Gasteiger partial charge < -0.3 is 49.4 Å². The summed E-state index contributed by atoms with van der Waals surface area (Å²) in [6.45, 7) is 0. The number of hydrogen-bond donors (Lipinski definition) is 7. The van der Waals surface area contributed by atoms with Crippen molar-refractivity contribution in [1.82, 2.24) is 5.16 Å². The third kappa shape index (κ3) is 3.16. The number of benzene rings is 2. The molecule has 13 heteroatoms. The van der Waals surface area contributed by atoms with E-state index in [9.17, 15) is 30.6 Å². The van der Waals surface area contributed by atoms with Gasteiger partial charge in [0.1, 0.15) is 16.4 Å². The zero-order chi connectivity index (χ0) is 26.4. The Morgan fingerprint density at radius 1 is 0.973 bits per heavy atom. The first-order chi connectivity index (χ1) is 17.5. The molecule has 2 aromatic carbocycles. The molecular weight excluding hydrogens is 506 g/mol. The van der Waals surface area contributed by atoms with Crippen LogP contribution in [0.3, 0.4) is 0 Å². The second kappa shape index (κ2) is 7.74. The highest BCUT2D eigenvalue weighted by molar-refractivity contribution is 8.00. The lowest BCUT2D eigenvalue weighted by Crippen LogP contribution is -2.92. The number of nitrogens with one attached hydrogen (secondary N) is 1. The molecule has 6 rings (SSSR count). The highest BCUT2D eigenvalue weighted by atomic mass is 32.2. The molecule has 0 atom stereocenters. The first-order valence-corrected chi connectivity index (χ1v) is 12.2. The first-order valence-electron chi connectivity index (χ1n) is 11.4. The first kappa shape index (κ1) is 24.3. The minimum atomic E-state index is -3.60. The van der Waals surface area contributed by atoms with Crippen molar-refractivity contribution in [1.29, 1.82) is 0 Å². The number of aromatic nitrogens is 1. The van der Waals surface area contributed by atoms with Crippen LogP contribution in [0.2, 0.25) is 0 Å². The van der Waals surface area contributed by atoms with Gasteiger partial charge in [0.15, 0.2) is 11.6 Å². The van der Waals surface area contributed by atoms with E-state index in [4.69, 9.17) is 14.0 Å². The molecule has 0 radical (unpaired) electrons. The SMILES string of the molecule is COc1cccc(OC)c1SNc1noc2c1CC1(CC1)c1ccc(N3C(O)(O)C(O)(O)C3(O)O)cc1-2. The monoisotopic (exact) mass is 531 g/mol. The van der Waals surface area contributed by atoms with E-state index in [0.717, 1.165) is 28.9 Å². The van der Waals surface area contributed by atoms with Crippen molar-refractivity contribution in [2.45, 2.75) is 47.2 Å². The van der Waals surface area contributed by atoms with Crippen LogP contribution in [-0.2, 0) is 11.8 Å². The molecule has 3 aliphatic rings. The topological polar surface area (TPSA) is 181 Å². The van der Waals surface area contributed by atoms with E-state index in [-0.39, 0.29) is 11.1 Å². The van der Waals surface area contributed by atoms with Crippen molar-refractivity contribution in [2.75, 3.05) is 23.8 Å². The summed E-state index contributed by atoms with van der Waals surface area (Å²) in [5, 5.41) is 64.4. The molecule has 196 valence electrons. The normalized spacial score (nSPS) is 21.0. The summed E-state index contributed by atoms with van der Waals surface area (Å²) in [5.41, 5.74) is 2.11. The van der Waals surface area contributed by atoms with Gasteiger partial charge in [-0.2, -0.15) is 0 Å². The van der Waals surface area contributed by atoms with Gasteiger partial charge in [0, 0.05) is 22.2 Å². The van der Waals surface area contributed by atoms with E-state index in [0.29, 0.717) is 40.0 Å². The van der Waals surface area contributed by atoms with Gasteiger partial charge in [0.05, 0.1) is 14.2 Å². The summed E-state index contributed by atoms with van der Waals surface area (Å²) in [7, 11) is 3.14. The van der Waals surface area contributed by atoms with Crippen LogP contribution in [0.4, 0.5) is 11.5 Å². The largest absolute Gasteiger partial charge is 0.495 e. The molecular formula is C24H25N3O9S. The highest BCUT2D eigenvalue weighted by Crippen LogP contribution is 2.60. The third-order valence-electron chi connectivity index (χ3n) is 7.43. The lowest BCUT2D eigenvalue weighted by atomic mass is 9.79. The number of nitrogens with zero attached hydrogens (tertiary/aromatic N) is 2. The van der Waals surface area contributed by atoms with E-state index < -0.39 is 17.6 Å². The average molecular weight is 532 g/mol. The second-order valence-electron chi connectivity index (χ2n) is 9.50. The van der Waals surface area contributed by atoms with E-state index in [2.05, 4.69) is 9.88 Å². The molecule has 0 unspecified atom stereocenters. The minimum absolute atomic E-state index is 0.0739. The number of rotatable bonds is 6. The maximum atomic E-state index is 10.2. The van der Waals surface area contributed by atoms with Crippen LogP contribution in [0.15, 0.2) is 45.8 Å². The van der Waals surface area contributed by atoms with E-state index in [1.807, 2.05) is 18.2 Å². The summed E-state index contributed by atoms with van der Waals surface area (Å²) in [6.07, 6.45) is 2.51. The molecule has 2 fully saturated rings. The molecule has 2 aliphatic carbocycles. The quantitative estimate of drug-likeness (QED) is 0.176. The number of fused-ring (bicyclic) bond motifs is 4. The lowest BCUT2D eigenvalue weighted by molar-refractivity contribution is -0.523. The molecule has 1 saturated heterocycles. The van der Waals surface area contributed by atoms with E-state index in [1.165, 1.54) is 24.1 Å². The van der Waals surface area contributed by atoms with Crippen LogP contribution >= 0.6 is 11.9 Å². The molecule has 1 aliphatic heterocycles. The van der Waals surface area contributed by atoms with Crippen LogP contribution in [0, 0.1) is 0 Å². The maximum absolute atomic E-state index is 10.2. The Morgan fingerprint density at radius 3 is 2.22 bits per heavy atom. The van der Waals surface area contributed by atoms with Gasteiger partial charge in [-0.1, -0.05) is 17.3 Å². The van der Waals surface area contributed by atoms with Crippen LogP contribution < -0.4 is 19.1 Å². The summed E-state index contributed by atoms with van der Waals surface area (Å²) >= 11 is 1.26. The maximum Gasteiger partial charge on any atom is 0.318 e. The van der Waals surface area contributed by atoms with Gasteiger partial charge in [0.25, 0.3) is 0 Å². The molecule has 1 aromatic heterocycles. The fraction of sp³-hybridized carbons (Fsp3) is 0.375. The van der Waals surface area contributed by atoms with Crippen LogP contribution in [0.5, 0.6) is 11.5 Å². The number of anilines is 2. The lowest BCUT2D eigenvalue weighted by Gasteiger charge is -2.61. The van der Waals surface area contributed by atoms with E-state index in [1.54, 1.807) is 20.3 Å². The number of hydrogen-bond acceptors (Lipinski definition) is 13. The van der Waals surface area contributed by atoms with Crippen molar-refractivity contribution in [3.05, 3.63) is 47.5 Å². The predicted molar refractivity (Wildman–Crippen MR) is 130 cm³/mol. The van der Waals surface area contributed by atoms with Gasteiger partial charge in [-0.25, -0.2) is 0 Å². The average Bonchev–Trinajstić information content (AvgIpc) is 3.52. The Morgan fingerprint density at radius 2 is 1.62 bits per heavy atom. The van der Waals surface area contributed by atoms with Crippen molar-refractivity contribution in [3.63, 3.8) is 0 Å². The zero-order valence-corrected chi connectivity index (χ0v) is 20.6. The Kier molecular flexibility index (Phi) is 5.08. The van der Waals surface area contributed by atoms with Crippen LogP contribution in [0.25, 0.3) is 11.3 Å². The van der Waals surface area contributed by atoms with Crippen molar-refractivity contribution in [3.8, 4) is 22.8 Å². The smallest absolute Gasteiger partial charge is 0.318 e. The van der Waals surface area contributed by atoms with Crippen LogP contribution in [0.1, 0.15) is 24.0 Å². The fourth-order valence-corrected chi connectivity index (χ4v) is 6.06. The number of aliphatic hydroxyl groups is 6. The van der Waals surface area contributed by atoms with Crippen molar-refractivity contribution in [2.24, 2.45) is 0 Å². The molecule has 12 nitrogen and oxygen atoms in total. The Bertz CT molecular complexity index is 1360. The molecule has 2 heterocycles. The molecule has 3 aromatic rings. The van der Waals surface area contributed by atoms with Gasteiger partial charge >= 0.3 is 17.6 Å². The van der Waals surface area contributed by atoms with E-state index >= 15 is 0 Å². The molecule has 0 bridgehead atoms. The van der Waals surface area contributed by atoms with Gasteiger partial charge in [0.2, 0.25) is 0 Å². The highest BCUT2D eigenvalue weighted by Gasteiger charge is 2.81. The number of ether oxygens (including phenoxy) is 2. The second-order valence-corrected chi connectivity index (χ2v) is 10.3. The third-order valence-corrected chi connectivity index (χ3v) is 8.33. The van der Waals surface area contributed by atoms with Gasteiger partial charge in [-0.05, 0) is 61.0 Å². The summed E-state index contributed by atoms with van der Waals surface area (Å²) in [6, 6.07) is 10.1. The number of methoxy groups -OCH3 is 2. The van der Waals surface area contributed by atoms with Crippen molar-refractivity contribution >= 4 is 23.5 Å². The molecule has 1 saturated carbocycles. The Labute approximate surface area is 214 Å². The summed E-state index contributed by atoms with van der Waals surface area (Å²) in [5.74, 6) is -8.12. The molecule has 0 amide bonds. The summed E-state index contributed by atoms with van der Waals surface area (Å²) < 4.78 is 19.8. The standard InChI is InChI=1S/C24H25N3O9S/c1-34-16-4-3-5-17(35-2)19(16)37-26-20-14-11-21(8-9-21)15-7-6-12(10-13(15)18(14)36-25-20)27-23(30,31)22(28,29)24(27,32)33/h3-7,10,28-33H,8-9,11H2,1-2H3,(H,25,26).